The Morgan fingerprint density at radius 1 is 1.07 bits per heavy atom. The summed E-state index contributed by atoms with van der Waals surface area (Å²) < 4.78 is 36.2. The monoisotopic (exact) mass is 493 g/mol. The van der Waals surface area contributed by atoms with E-state index in [-0.39, 0.29) is 16.4 Å². The molecule has 0 amide bonds. The highest BCUT2D eigenvalue weighted by atomic mass is 79.9. The van der Waals surface area contributed by atoms with Crippen LogP contribution < -0.4 is 8.92 Å². The van der Waals surface area contributed by atoms with Gasteiger partial charge in [-0.25, -0.2) is 0 Å². The second kappa shape index (κ2) is 8.98. The summed E-state index contributed by atoms with van der Waals surface area (Å²) >= 11 is 9.49. The number of methoxy groups -OCH3 is 1. The van der Waals surface area contributed by atoms with Crippen molar-refractivity contribution >= 4 is 49.6 Å². The van der Waals surface area contributed by atoms with E-state index >= 15 is 0 Å². The van der Waals surface area contributed by atoms with Gasteiger partial charge in [0.25, 0.3) is 0 Å². The maximum atomic E-state index is 12.5. The van der Waals surface area contributed by atoms with E-state index < -0.39 is 10.1 Å². The van der Waals surface area contributed by atoms with E-state index in [4.69, 9.17) is 20.5 Å². The van der Waals surface area contributed by atoms with Crippen molar-refractivity contribution in [1.29, 1.82) is 0 Å². The first-order valence-corrected chi connectivity index (χ1v) is 11.1. The summed E-state index contributed by atoms with van der Waals surface area (Å²) in [5.74, 6) is 0.314. The Morgan fingerprint density at radius 2 is 1.79 bits per heavy atom. The van der Waals surface area contributed by atoms with E-state index in [2.05, 4.69) is 20.9 Å². The molecule has 29 heavy (non-hydrogen) atoms. The van der Waals surface area contributed by atoms with Gasteiger partial charge < -0.3 is 8.92 Å². The van der Waals surface area contributed by atoms with Gasteiger partial charge in [-0.2, -0.15) is 8.42 Å². The molecule has 3 aromatic carbocycles. The van der Waals surface area contributed by atoms with Gasteiger partial charge in [-0.3, -0.25) is 4.99 Å². The molecule has 0 fully saturated rings. The highest BCUT2D eigenvalue weighted by Crippen LogP contribution is 2.38. The Labute approximate surface area is 183 Å². The number of benzene rings is 3. The van der Waals surface area contributed by atoms with Gasteiger partial charge in [-0.1, -0.05) is 35.9 Å². The molecule has 8 heteroatoms. The van der Waals surface area contributed by atoms with Crippen molar-refractivity contribution in [2.75, 3.05) is 7.11 Å². The summed E-state index contributed by atoms with van der Waals surface area (Å²) in [5.41, 5.74) is 2.36. The largest absolute Gasteiger partial charge is 0.493 e. The Kier molecular flexibility index (Phi) is 6.62. The molecule has 0 aromatic heterocycles. The molecular weight excluding hydrogens is 478 g/mol. The summed E-state index contributed by atoms with van der Waals surface area (Å²) in [5, 5.41) is 0.633. The van der Waals surface area contributed by atoms with Crippen molar-refractivity contribution in [3.05, 3.63) is 81.3 Å². The van der Waals surface area contributed by atoms with E-state index in [1.54, 1.807) is 42.6 Å². The van der Waals surface area contributed by atoms with E-state index in [1.165, 1.54) is 19.2 Å². The van der Waals surface area contributed by atoms with Gasteiger partial charge in [-0.15, -0.1) is 0 Å². The van der Waals surface area contributed by atoms with Crippen molar-refractivity contribution in [3.8, 4) is 11.5 Å². The number of aryl methyl sites for hydroxylation is 1. The second-order valence-electron chi connectivity index (χ2n) is 6.08. The molecular formula is C21H17BrClNO4S. The minimum Gasteiger partial charge on any atom is -0.493 e. The average Bonchev–Trinajstić information content (AvgIpc) is 2.71. The molecule has 0 aliphatic carbocycles. The average molecular weight is 495 g/mol. The van der Waals surface area contributed by atoms with Crippen LogP contribution in [0.15, 0.2) is 75.0 Å². The maximum Gasteiger partial charge on any atom is 0.339 e. The lowest BCUT2D eigenvalue weighted by molar-refractivity contribution is 0.389. The van der Waals surface area contributed by atoms with Crippen LogP contribution in [0.25, 0.3) is 0 Å². The van der Waals surface area contributed by atoms with Crippen LogP contribution in [-0.4, -0.2) is 21.7 Å². The van der Waals surface area contributed by atoms with Crippen LogP contribution in [0, 0.1) is 6.92 Å². The van der Waals surface area contributed by atoms with Crippen LogP contribution in [0.4, 0.5) is 5.69 Å². The summed E-state index contributed by atoms with van der Waals surface area (Å²) in [4.78, 5) is 4.45. The van der Waals surface area contributed by atoms with Gasteiger partial charge in [0.1, 0.15) is 4.90 Å². The molecule has 5 nitrogen and oxygen atoms in total. The molecule has 3 rings (SSSR count). The normalized spacial score (nSPS) is 11.6. The Hall–Kier alpha value is -2.35. The fraction of sp³-hybridized carbons (Fsp3) is 0.0952. The van der Waals surface area contributed by atoms with Gasteiger partial charge in [0, 0.05) is 11.2 Å². The van der Waals surface area contributed by atoms with E-state index in [1.807, 2.05) is 19.1 Å². The lowest BCUT2D eigenvalue weighted by Crippen LogP contribution is -2.11. The number of hydrogen-bond acceptors (Lipinski definition) is 5. The number of rotatable bonds is 6. The Morgan fingerprint density at radius 3 is 2.45 bits per heavy atom. The van der Waals surface area contributed by atoms with Crippen LogP contribution in [0.3, 0.4) is 0 Å². The summed E-state index contributed by atoms with van der Waals surface area (Å²) in [6, 6.07) is 16.7. The lowest BCUT2D eigenvalue weighted by Gasteiger charge is -2.13. The minimum absolute atomic E-state index is 0.0517. The third-order valence-electron chi connectivity index (χ3n) is 3.99. The van der Waals surface area contributed by atoms with Crippen LogP contribution in [0.2, 0.25) is 5.02 Å². The van der Waals surface area contributed by atoms with E-state index in [9.17, 15) is 8.42 Å². The predicted molar refractivity (Wildman–Crippen MR) is 118 cm³/mol. The SMILES string of the molecule is COc1cc(C=Nc2ccc(C)c(Cl)c2)cc(Br)c1OS(=O)(=O)c1ccccc1. The molecule has 0 spiro atoms. The quantitative estimate of drug-likeness (QED) is 0.314. The topological polar surface area (TPSA) is 65.0 Å². The zero-order valence-corrected chi connectivity index (χ0v) is 18.8. The predicted octanol–water partition coefficient (Wildman–Crippen LogP) is 5.94. The first kappa shape index (κ1) is 21.4. The molecule has 0 heterocycles. The van der Waals surface area contributed by atoms with Crippen molar-refractivity contribution in [3.63, 3.8) is 0 Å². The molecule has 0 saturated carbocycles. The highest BCUT2D eigenvalue weighted by molar-refractivity contribution is 9.10. The number of aliphatic imine (C=N–C) groups is 1. The Balaban J connectivity index is 1.91. The molecule has 0 unspecified atom stereocenters. The van der Waals surface area contributed by atoms with Crippen LogP contribution in [0.1, 0.15) is 11.1 Å². The third-order valence-corrected chi connectivity index (χ3v) is 6.23. The van der Waals surface area contributed by atoms with Crippen molar-refractivity contribution in [2.24, 2.45) is 4.99 Å². The molecule has 0 radical (unpaired) electrons. The molecule has 0 N–H and O–H groups in total. The molecule has 0 atom stereocenters. The van der Waals surface area contributed by atoms with Gasteiger partial charge in [-0.05, 0) is 70.4 Å². The second-order valence-corrected chi connectivity index (χ2v) is 8.88. The number of halogens is 2. The molecule has 0 saturated heterocycles. The van der Waals surface area contributed by atoms with Crippen LogP contribution in [0.5, 0.6) is 11.5 Å². The van der Waals surface area contributed by atoms with Gasteiger partial charge >= 0.3 is 10.1 Å². The molecule has 150 valence electrons. The zero-order valence-electron chi connectivity index (χ0n) is 15.6. The van der Waals surface area contributed by atoms with E-state index in [0.717, 1.165) is 5.56 Å². The van der Waals surface area contributed by atoms with Gasteiger partial charge in [0.05, 0.1) is 17.3 Å². The molecule has 0 aliphatic heterocycles. The number of ether oxygens (including phenoxy) is 1. The third kappa shape index (κ3) is 5.18. The van der Waals surface area contributed by atoms with Gasteiger partial charge in [0.2, 0.25) is 0 Å². The first-order valence-electron chi connectivity index (χ1n) is 8.47. The van der Waals surface area contributed by atoms with Crippen LogP contribution >= 0.6 is 27.5 Å². The first-order chi connectivity index (χ1) is 13.8. The van der Waals surface area contributed by atoms with Crippen molar-refractivity contribution < 1.29 is 17.3 Å². The molecule has 0 bridgehead atoms. The van der Waals surface area contributed by atoms with E-state index in [0.29, 0.717) is 20.7 Å². The standard InChI is InChI=1S/C21H17BrClNO4S/c1-14-8-9-16(12-19(14)23)24-13-15-10-18(22)21(20(11-15)27-2)28-29(25,26)17-6-4-3-5-7-17/h3-13H,1-2H3. The van der Waals surface area contributed by atoms with Crippen molar-refractivity contribution in [1.82, 2.24) is 0 Å². The van der Waals surface area contributed by atoms with Crippen LogP contribution in [-0.2, 0) is 10.1 Å². The lowest BCUT2D eigenvalue weighted by atomic mass is 10.2. The van der Waals surface area contributed by atoms with Gasteiger partial charge in [0.15, 0.2) is 11.5 Å². The number of nitrogens with zero attached hydrogens (tertiary/aromatic N) is 1. The fourth-order valence-electron chi connectivity index (χ4n) is 2.45. The fourth-order valence-corrected chi connectivity index (χ4v) is 4.25. The highest BCUT2D eigenvalue weighted by Gasteiger charge is 2.21. The summed E-state index contributed by atoms with van der Waals surface area (Å²) in [6.45, 7) is 1.92. The summed E-state index contributed by atoms with van der Waals surface area (Å²) in [7, 11) is -2.57. The molecule has 3 aromatic rings. The van der Waals surface area contributed by atoms with Crippen molar-refractivity contribution in [2.45, 2.75) is 11.8 Å². The maximum absolute atomic E-state index is 12.5. The Bertz CT molecular complexity index is 1160. The number of hydrogen-bond donors (Lipinski definition) is 0. The molecule has 0 aliphatic rings. The minimum atomic E-state index is -4.00. The zero-order chi connectivity index (χ0) is 21.0. The summed E-state index contributed by atoms with van der Waals surface area (Å²) in [6.07, 6.45) is 1.63. The smallest absolute Gasteiger partial charge is 0.339 e.